The summed E-state index contributed by atoms with van der Waals surface area (Å²) in [5.41, 5.74) is 8.02. The van der Waals surface area contributed by atoms with Crippen LogP contribution in [0.25, 0.3) is 0 Å². The van der Waals surface area contributed by atoms with Gasteiger partial charge in [-0.05, 0) is 119 Å². The van der Waals surface area contributed by atoms with E-state index >= 15 is 0 Å². The Morgan fingerprint density at radius 3 is 1.27 bits per heavy atom. The van der Waals surface area contributed by atoms with Gasteiger partial charge in [-0.25, -0.2) is 4.79 Å². The predicted octanol–water partition coefficient (Wildman–Crippen LogP) is 10.0. The zero-order chi connectivity index (χ0) is 33.9. The van der Waals surface area contributed by atoms with Crippen LogP contribution in [0.2, 0.25) is 0 Å². The second-order valence-corrected chi connectivity index (χ2v) is 12.2. The molecule has 0 amide bonds. The molecule has 45 heavy (non-hydrogen) atoms. The number of Topliss-reactive ketones (excluding diaryl/α,β-unsaturated/α-hetero) is 2. The van der Waals surface area contributed by atoms with Crippen molar-refractivity contribution in [3.8, 4) is 0 Å². The molecule has 0 atom stereocenters. The maximum absolute atomic E-state index is 12.8. The van der Waals surface area contributed by atoms with Crippen molar-refractivity contribution in [3.63, 3.8) is 0 Å². The molecule has 248 valence electrons. The van der Waals surface area contributed by atoms with Crippen molar-refractivity contribution in [1.82, 2.24) is 0 Å². The molecular formula is C39H56O6. The molecule has 0 heterocycles. The van der Waals surface area contributed by atoms with Crippen molar-refractivity contribution in [2.24, 2.45) is 0 Å². The van der Waals surface area contributed by atoms with Crippen molar-refractivity contribution < 1.29 is 29.0 Å². The van der Waals surface area contributed by atoms with Gasteiger partial charge in [0.1, 0.15) is 0 Å². The van der Waals surface area contributed by atoms with Gasteiger partial charge >= 0.3 is 5.97 Å². The van der Waals surface area contributed by atoms with Gasteiger partial charge in [-0.15, -0.1) is 0 Å². The van der Waals surface area contributed by atoms with E-state index in [9.17, 15) is 14.4 Å². The van der Waals surface area contributed by atoms with Crippen molar-refractivity contribution in [2.45, 2.75) is 119 Å². The zero-order valence-corrected chi connectivity index (χ0v) is 29.2. The molecule has 1 N–H and O–H groups in total. The first-order valence-electron chi connectivity index (χ1n) is 16.1. The third-order valence-corrected chi connectivity index (χ3v) is 8.20. The zero-order valence-electron chi connectivity index (χ0n) is 29.2. The Hall–Kier alpha value is -3.67. The first-order valence-corrected chi connectivity index (χ1v) is 16.1. The van der Waals surface area contributed by atoms with E-state index in [1.807, 2.05) is 6.08 Å². The summed E-state index contributed by atoms with van der Waals surface area (Å²) in [6, 6.07) is 0. The lowest BCUT2D eigenvalue weighted by molar-refractivity contribution is -0.132. The Kier molecular flexibility index (Phi) is 18.5. The molecule has 0 aliphatic heterocycles. The number of carboxylic acid groups (broad SMARTS) is 1. The van der Waals surface area contributed by atoms with Crippen molar-refractivity contribution >= 4 is 17.5 Å². The van der Waals surface area contributed by atoms with Crippen LogP contribution in [-0.4, -0.2) is 36.9 Å². The summed E-state index contributed by atoms with van der Waals surface area (Å²) >= 11 is 0. The first kappa shape index (κ1) is 39.4. The van der Waals surface area contributed by atoms with Crippen LogP contribution in [0.1, 0.15) is 119 Å². The van der Waals surface area contributed by atoms with Crippen LogP contribution in [0.4, 0.5) is 0 Å². The minimum atomic E-state index is -0.843. The molecular weight excluding hydrogens is 564 g/mol. The summed E-state index contributed by atoms with van der Waals surface area (Å²) in [7, 11) is 2.75. The van der Waals surface area contributed by atoms with E-state index in [1.165, 1.54) is 42.1 Å². The molecule has 1 aliphatic carbocycles. The molecule has 0 saturated heterocycles. The Balaban J connectivity index is 2.41. The highest BCUT2D eigenvalue weighted by atomic mass is 16.5. The minimum Gasteiger partial charge on any atom is -0.489 e. The summed E-state index contributed by atoms with van der Waals surface area (Å²) in [6.07, 6.45) is 23.3. The monoisotopic (exact) mass is 620 g/mol. The van der Waals surface area contributed by atoms with Gasteiger partial charge in [-0.1, -0.05) is 64.3 Å². The summed E-state index contributed by atoms with van der Waals surface area (Å²) < 4.78 is 10.3. The molecule has 0 aromatic carbocycles. The number of hydrogen-bond donors (Lipinski definition) is 1. The molecule has 6 heteroatoms. The minimum absolute atomic E-state index is 0.0179. The molecule has 0 spiro atoms. The van der Waals surface area contributed by atoms with E-state index in [2.05, 4.69) is 58.9 Å². The highest BCUT2D eigenvalue weighted by Gasteiger charge is 2.34. The van der Waals surface area contributed by atoms with Gasteiger partial charge in [0.05, 0.1) is 14.2 Å². The highest BCUT2D eigenvalue weighted by Crippen LogP contribution is 2.28. The van der Waals surface area contributed by atoms with Crippen molar-refractivity contribution in [1.29, 1.82) is 0 Å². The third kappa shape index (κ3) is 14.8. The summed E-state index contributed by atoms with van der Waals surface area (Å²) in [4.78, 5) is 36.2. The van der Waals surface area contributed by atoms with Crippen LogP contribution >= 0.6 is 0 Å². The second-order valence-electron chi connectivity index (χ2n) is 12.2. The molecule has 0 aromatic heterocycles. The maximum Gasteiger partial charge on any atom is 0.330 e. The summed E-state index contributed by atoms with van der Waals surface area (Å²) in [5.74, 6) is -1.46. The van der Waals surface area contributed by atoms with Crippen LogP contribution in [0, 0.1) is 0 Å². The van der Waals surface area contributed by atoms with Crippen molar-refractivity contribution in [3.05, 3.63) is 92.6 Å². The second kappa shape index (κ2) is 21.1. The molecule has 0 unspecified atom stereocenters. The average Bonchev–Trinajstić information content (AvgIpc) is 2.98. The summed E-state index contributed by atoms with van der Waals surface area (Å²) in [6.45, 7) is 14.1. The SMILES string of the molecule is COC1=C(OC)C(=O)C(C/C=C(\C)CC/C=C(\C)CC/C=C(\C)CC/C=C(\C)CC/C=C(\C)CC/C=C(/C)C(=O)O)=C(C)C1=O. The largest absolute Gasteiger partial charge is 0.489 e. The molecule has 0 bridgehead atoms. The van der Waals surface area contributed by atoms with Gasteiger partial charge in [0.25, 0.3) is 0 Å². The number of carbonyl (C=O) groups is 3. The van der Waals surface area contributed by atoms with E-state index in [0.29, 0.717) is 23.1 Å². The lowest BCUT2D eigenvalue weighted by Crippen LogP contribution is -2.24. The number of aliphatic carboxylic acids is 1. The fraction of sp³-hybridized carbons (Fsp3) is 0.513. The fourth-order valence-corrected chi connectivity index (χ4v) is 5.01. The number of hydrogen-bond acceptors (Lipinski definition) is 5. The third-order valence-electron chi connectivity index (χ3n) is 8.20. The quantitative estimate of drug-likeness (QED) is 0.0827. The van der Waals surface area contributed by atoms with Gasteiger partial charge in [-0.2, -0.15) is 0 Å². The van der Waals surface area contributed by atoms with Gasteiger partial charge < -0.3 is 14.6 Å². The number of ether oxygens (including phenoxy) is 2. The lowest BCUT2D eigenvalue weighted by Gasteiger charge is -2.19. The van der Waals surface area contributed by atoms with Crippen molar-refractivity contribution in [2.75, 3.05) is 14.2 Å². The smallest absolute Gasteiger partial charge is 0.330 e. The first-order chi connectivity index (χ1) is 21.3. The number of allylic oxidation sites excluding steroid dienone is 13. The van der Waals surface area contributed by atoms with Gasteiger partial charge in [0.15, 0.2) is 0 Å². The Bertz CT molecular complexity index is 1310. The Morgan fingerprint density at radius 2 is 0.911 bits per heavy atom. The number of carbonyl (C=O) groups excluding carboxylic acids is 2. The van der Waals surface area contributed by atoms with Crippen LogP contribution in [0.15, 0.2) is 92.6 Å². The molecule has 0 radical (unpaired) electrons. The Labute approximate surface area is 272 Å². The number of rotatable bonds is 20. The fourth-order valence-electron chi connectivity index (χ4n) is 5.01. The molecule has 0 aromatic rings. The van der Waals surface area contributed by atoms with E-state index in [1.54, 1.807) is 19.9 Å². The molecule has 0 saturated carbocycles. The van der Waals surface area contributed by atoms with Crippen LogP contribution in [0.5, 0.6) is 0 Å². The van der Waals surface area contributed by atoms with Crippen LogP contribution < -0.4 is 0 Å². The number of ketones is 2. The van der Waals surface area contributed by atoms with Crippen LogP contribution in [0.3, 0.4) is 0 Å². The van der Waals surface area contributed by atoms with Gasteiger partial charge in [-0.3, -0.25) is 9.59 Å². The van der Waals surface area contributed by atoms with Gasteiger partial charge in [0, 0.05) is 16.7 Å². The summed E-state index contributed by atoms with van der Waals surface area (Å²) in [5, 5.41) is 8.93. The number of methoxy groups -OCH3 is 2. The lowest BCUT2D eigenvalue weighted by atomic mass is 9.90. The number of carboxylic acids is 1. The van der Waals surface area contributed by atoms with E-state index in [0.717, 1.165) is 64.2 Å². The Morgan fingerprint density at radius 1 is 0.578 bits per heavy atom. The maximum atomic E-state index is 12.8. The van der Waals surface area contributed by atoms with Crippen LogP contribution in [-0.2, 0) is 23.9 Å². The molecule has 1 aliphatic rings. The topological polar surface area (TPSA) is 89.9 Å². The van der Waals surface area contributed by atoms with E-state index in [4.69, 9.17) is 14.6 Å². The molecule has 1 rings (SSSR count). The predicted molar refractivity (Wildman–Crippen MR) is 185 cm³/mol. The molecule has 6 nitrogen and oxygen atoms in total. The standard InChI is InChI=1S/C39H56O6/c1-27(15-10-16-28(2)19-12-20-30(4)23-14-24-32(6)39(42)43)17-11-18-29(3)21-13-22-31(5)25-26-34-33(7)35(40)37(44-8)38(45-9)36(34)41/h16-17,20-21,24-25H,10-15,18-19,22-23,26H2,1-9H3,(H,42,43)/b27-17+,28-16+,29-21+,30-20+,31-25+,32-24-. The molecule has 0 fully saturated rings. The van der Waals surface area contributed by atoms with E-state index < -0.39 is 5.97 Å². The normalized spacial score (nSPS) is 16.2. The van der Waals surface area contributed by atoms with E-state index in [-0.39, 0.29) is 23.1 Å². The average molecular weight is 621 g/mol. The van der Waals surface area contributed by atoms with Gasteiger partial charge in [0.2, 0.25) is 23.1 Å². The highest BCUT2D eigenvalue weighted by molar-refractivity contribution is 6.23.